The average Bonchev–Trinajstić information content (AvgIpc) is 2.53. The molecule has 0 unspecified atom stereocenters. The van der Waals surface area contributed by atoms with Crippen LogP contribution in [-0.4, -0.2) is 39.3 Å². The molecule has 0 radical (unpaired) electrons. The Labute approximate surface area is 85.9 Å². The van der Waals surface area contributed by atoms with E-state index in [1.54, 1.807) is 0 Å². The lowest BCUT2D eigenvalue weighted by atomic mass is 10.2. The molecule has 0 aromatic rings. The Morgan fingerprint density at radius 1 is 1.43 bits per heavy atom. The highest BCUT2D eigenvalue weighted by Crippen LogP contribution is 2.32. The number of carbonyl (C=O) groups is 2. The molecule has 0 aromatic carbocycles. The third kappa shape index (κ3) is 2.62. The van der Waals surface area contributed by atoms with E-state index in [2.05, 4.69) is 5.32 Å². The quantitative estimate of drug-likeness (QED) is 0.619. The van der Waals surface area contributed by atoms with Crippen molar-refractivity contribution in [3.05, 3.63) is 0 Å². The summed E-state index contributed by atoms with van der Waals surface area (Å²) in [4.78, 5) is 20.3. The number of carboxylic acids is 2. The number of nitrogens with one attached hydrogen (secondary N) is 1. The smallest absolute Gasteiger partial charge is 0.334 e. The fourth-order valence-corrected chi connectivity index (χ4v) is 2.64. The first-order valence-electron chi connectivity index (χ1n) is 4.41. The summed E-state index contributed by atoms with van der Waals surface area (Å²) in [6.07, 6.45) is 1.39. The van der Waals surface area contributed by atoms with Crippen LogP contribution in [0.1, 0.15) is 19.3 Å². The molecule has 0 bridgehead atoms. The van der Waals surface area contributed by atoms with E-state index in [0.717, 1.165) is 6.42 Å². The van der Waals surface area contributed by atoms with E-state index in [-0.39, 0.29) is 6.42 Å². The first kappa shape index (κ1) is 11.3. The zero-order chi connectivity index (χ0) is 10.6. The van der Waals surface area contributed by atoms with Crippen LogP contribution >= 0.6 is 11.8 Å². The van der Waals surface area contributed by atoms with Crippen LogP contribution in [0.3, 0.4) is 0 Å². The van der Waals surface area contributed by atoms with E-state index < -0.39 is 16.8 Å². The van der Waals surface area contributed by atoms with E-state index in [1.807, 2.05) is 0 Å². The number of carboxylic acid groups (broad SMARTS) is 2. The number of hydrogen-bond acceptors (Lipinski definition) is 4. The van der Waals surface area contributed by atoms with Crippen LogP contribution in [0.25, 0.3) is 0 Å². The van der Waals surface area contributed by atoms with Crippen LogP contribution in [0.4, 0.5) is 0 Å². The van der Waals surface area contributed by atoms with Gasteiger partial charge in [-0.15, -0.1) is 11.8 Å². The van der Waals surface area contributed by atoms with E-state index >= 15 is 0 Å². The molecule has 14 heavy (non-hydrogen) atoms. The standard InChI is InChI=1S/C8H13NO4S/c10-6(11)2-5-14-8(7(12)13)3-1-4-9-8/h9H,1-5H2,(H,10,11)(H,12,13)/t8-/m1/s1. The second-order valence-electron chi connectivity index (χ2n) is 3.15. The van der Waals surface area contributed by atoms with E-state index in [9.17, 15) is 9.59 Å². The molecule has 1 fully saturated rings. The molecular formula is C8H13NO4S. The summed E-state index contributed by atoms with van der Waals surface area (Å²) in [5.74, 6) is -1.46. The Morgan fingerprint density at radius 3 is 2.57 bits per heavy atom. The molecule has 3 N–H and O–H groups in total. The zero-order valence-electron chi connectivity index (χ0n) is 7.65. The lowest BCUT2D eigenvalue weighted by Crippen LogP contribution is -2.44. The number of aliphatic carboxylic acids is 2. The van der Waals surface area contributed by atoms with Gasteiger partial charge in [0, 0.05) is 5.75 Å². The summed E-state index contributed by atoms with van der Waals surface area (Å²) in [7, 11) is 0. The molecule has 1 heterocycles. The monoisotopic (exact) mass is 219 g/mol. The van der Waals surface area contributed by atoms with Gasteiger partial charge in [0.15, 0.2) is 4.87 Å². The Balaban J connectivity index is 2.44. The van der Waals surface area contributed by atoms with Crippen LogP contribution in [0.5, 0.6) is 0 Å². The highest BCUT2D eigenvalue weighted by atomic mass is 32.2. The Kier molecular flexibility index (Phi) is 3.77. The largest absolute Gasteiger partial charge is 0.481 e. The van der Waals surface area contributed by atoms with Crippen LogP contribution in [0.2, 0.25) is 0 Å². The molecular weight excluding hydrogens is 206 g/mol. The van der Waals surface area contributed by atoms with Crippen molar-refractivity contribution in [2.45, 2.75) is 24.1 Å². The highest BCUT2D eigenvalue weighted by Gasteiger charge is 2.41. The van der Waals surface area contributed by atoms with E-state index in [1.165, 1.54) is 11.8 Å². The summed E-state index contributed by atoms with van der Waals surface area (Å²) in [5, 5.41) is 20.3. The van der Waals surface area contributed by atoms with E-state index in [4.69, 9.17) is 10.2 Å². The zero-order valence-corrected chi connectivity index (χ0v) is 8.47. The highest BCUT2D eigenvalue weighted by molar-refractivity contribution is 8.01. The van der Waals surface area contributed by atoms with Crippen LogP contribution in [0, 0.1) is 0 Å². The van der Waals surface area contributed by atoms with Crippen molar-refractivity contribution in [1.82, 2.24) is 5.32 Å². The molecule has 0 aliphatic carbocycles. The average molecular weight is 219 g/mol. The maximum Gasteiger partial charge on any atom is 0.334 e. The topological polar surface area (TPSA) is 86.6 Å². The fraction of sp³-hybridized carbons (Fsp3) is 0.750. The molecule has 1 aliphatic heterocycles. The van der Waals surface area contributed by atoms with Gasteiger partial charge in [-0.3, -0.25) is 10.1 Å². The van der Waals surface area contributed by atoms with Crippen LogP contribution in [0.15, 0.2) is 0 Å². The van der Waals surface area contributed by atoms with Crippen molar-refractivity contribution >= 4 is 23.7 Å². The molecule has 0 spiro atoms. The van der Waals surface area contributed by atoms with E-state index in [0.29, 0.717) is 18.7 Å². The van der Waals surface area contributed by atoms with Gasteiger partial charge in [0.1, 0.15) is 0 Å². The summed E-state index contributed by atoms with van der Waals surface area (Å²) in [6.45, 7) is 0.687. The third-order valence-corrected chi connectivity index (χ3v) is 3.55. The van der Waals surface area contributed by atoms with Gasteiger partial charge in [-0.05, 0) is 19.4 Å². The minimum atomic E-state index is -0.949. The van der Waals surface area contributed by atoms with Crippen molar-refractivity contribution in [2.24, 2.45) is 0 Å². The van der Waals surface area contributed by atoms with Gasteiger partial charge in [0.2, 0.25) is 0 Å². The second kappa shape index (κ2) is 4.65. The Bertz CT molecular complexity index is 237. The molecule has 80 valence electrons. The lowest BCUT2D eigenvalue weighted by molar-refractivity contribution is -0.140. The van der Waals surface area contributed by atoms with Gasteiger partial charge in [-0.1, -0.05) is 0 Å². The molecule has 0 saturated carbocycles. The molecule has 6 heteroatoms. The normalized spacial score (nSPS) is 26.3. The molecule has 5 nitrogen and oxygen atoms in total. The number of thioether (sulfide) groups is 1. The Morgan fingerprint density at radius 2 is 2.14 bits per heavy atom. The molecule has 1 atom stereocenters. The third-order valence-electron chi connectivity index (χ3n) is 2.13. The summed E-state index contributed by atoms with van der Waals surface area (Å²) >= 11 is 1.18. The lowest BCUT2D eigenvalue weighted by Gasteiger charge is -2.23. The van der Waals surface area contributed by atoms with Gasteiger partial charge in [-0.2, -0.15) is 0 Å². The molecule has 0 aromatic heterocycles. The molecule has 1 rings (SSSR count). The maximum absolute atomic E-state index is 11.0. The van der Waals surface area contributed by atoms with Crippen LogP contribution in [-0.2, 0) is 9.59 Å². The first-order valence-corrected chi connectivity index (χ1v) is 5.39. The minimum absolute atomic E-state index is 0.00137. The summed E-state index contributed by atoms with van der Waals surface area (Å²) in [5.41, 5.74) is 0. The predicted octanol–water partition coefficient (Wildman–Crippen LogP) is 0.359. The second-order valence-corrected chi connectivity index (χ2v) is 4.55. The summed E-state index contributed by atoms with van der Waals surface area (Å²) in [6, 6.07) is 0. The number of rotatable bonds is 5. The molecule has 1 saturated heterocycles. The maximum atomic E-state index is 11.0. The van der Waals surface area contributed by atoms with Crippen LogP contribution < -0.4 is 5.32 Å². The van der Waals surface area contributed by atoms with Crippen molar-refractivity contribution < 1.29 is 19.8 Å². The number of hydrogen-bond donors (Lipinski definition) is 3. The SMILES string of the molecule is O=C(O)CCS[C@@]1(C(=O)O)CCCN1. The first-order chi connectivity index (χ1) is 6.57. The van der Waals surface area contributed by atoms with Gasteiger partial charge < -0.3 is 10.2 Å². The van der Waals surface area contributed by atoms with Crippen molar-refractivity contribution in [3.63, 3.8) is 0 Å². The van der Waals surface area contributed by atoms with Crippen molar-refractivity contribution in [2.75, 3.05) is 12.3 Å². The molecule has 0 amide bonds. The minimum Gasteiger partial charge on any atom is -0.481 e. The Hall–Kier alpha value is -0.750. The van der Waals surface area contributed by atoms with Gasteiger partial charge in [-0.25, -0.2) is 4.79 Å². The summed E-state index contributed by atoms with van der Waals surface area (Å²) < 4.78 is 0. The van der Waals surface area contributed by atoms with Gasteiger partial charge in [0.05, 0.1) is 6.42 Å². The molecule has 1 aliphatic rings. The fourth-order valence-electron chi connectivity index (χ4n) is 1.40. The van der Waals surface area contributed by atoms with Crippen molar-refractivity contribution in [3.8, 4) is 0 Å². The van der Waals surface area contributed by atoms with Gasteiger partial charge >= 0.3 is 11.9 Å². The van der Waals surface area contributed by atoms with Gasteiger partial charge in [0.25, 0.3) is 0 Å². The predicted molar refractivity (Wildman–Crippen MR) is 52.3 cm³/mol. The van der Waals surface area contributed by atoms with Crippen molar-refractivity contribution in [1.29, 1.82) is 0 Å².